The number of aromatic nitrogens is 3. The first-order chi connectivity index (χ1) is 15.1. The number of benzene rings is 1. The standard InChI is InChI=1S/C25H27N5O/c1-18-8-6-12-23(26-18)29-24-16-22(27-19(2)28-24)21-11-7-15-30(17-21)25(31)14-13-20-9-4-3-5-10-20/h3-6,8-10,12-14,16,21H,7,11,15,17H2,1-2H3,(H,26,27,28,29). The average Bonchev–Trinajstić information content (AvgIpc) is 2.78. The number of likely N-dealkylation sites (tertiary alicyclic amines) is 1. The van der Waals surface area contributed by atoms with Crippen LogP contribution in [-0.4, -0.2) is 38.8 Å². The van der Waals surface area contributed by atoms with Gasteiger partial charge in [-0.2, -0.15) is 0 Å². The predicted octanol–water partition coefficient (Wildman–Crippen LogP) is 4.65. The number of rotatable bonds is 5. The summed E-state index contributed by atoms with van der Waals surface area (Å²) in [6, 6.07) is 17.7. The second kappa shape index (κ2) is 9.51. The van der Waals surface area contributed by atoms with E-state index in [4.69, 9.17) is 0 Å². The molecule has 31 heavy (non-hydrogen) atoms. The topological polar surface area (TPSA) is 71.0 Å². The number of nitrogens with one attached hydrogen (secondary N) is 1. The molecule has 2 aromatic heterocycles. The first-order valence-electron chi connectivity index (χ1n) is 10.6. The Hall–Kier alpha value is -3.54. The van der Waals surface area contributed by atoms with Gasteiger partial charge >= 0.3 is 0 Å². The number of carbonyl (C=O) groups excluding carboxylic acids is 1. The Morgan fingerprint density at radius 3 is 2.68 bits per heavy atom. The number of aryl methyl sites for hydroxylation is 2. The van der Waals surface area contributed by atoms with E-state index in [1.165, 1.54) is 0 Å². The van der Waals surface area contributed by atoms with Gasteiger partial charge in [0.25, 0.3) is 0 Å². The van der Waals surface area contributed by atoms with Crippen molar-refractivity contribution in [2.45, 2.75) is 32.6 Å². The van der Waals surface area contributed by atoms with E-state index in [0.717, 1.165) is 48.0 Å². The molecule has 6 heteroatoms. The number of nitrogens with zero attached hydrogens (tertiary/aromatic N) is 4. The molecule has 1 unspecified atom stereocenters. The second-order valence-corrected chi connectivity index (χ2v) is 7.88. The van der Waals surface area contributed by atoms with Gasteiger partial charge in [-0.25, -0.2) is 15.0 Å². The lowest BCUT2D eigenvalue weighted by Crippen LogP contribution is -2.38. The smallest absolute Gasteiger partial charge is 0.246 e. The highest BCUT2D eigenvalue weighted by Crippen LogP contribution is 2.28. The lowest BCUT2D eigenvalue weighted by atomic mass is 9.94. The van der Waals surface area contributed by atoms with Crippen molar-refractivity contribution >= 4 is 23.6 Å². The average molecular weight is 414 g/mol. The minimum atomic E-state index is 0.0432. The highest BCUT2D eigenvalue weighted by Gasteiger charge is 2.25. The minimum absolute atomic E-state index is 0.0432. The van der Waals surface area contributed by atoms with Crippen molar-refractivity contribution in [2.24, 2.45) is 0 Å². The van der Waals surface area contributed by atoms with Crippen LogP contribution in [0.25, 0.3) is 6.08 Å². The summed E-state index contributed by atoms with van der Waals surface area (Å²) in [7, 11) is 0. The molecule has 3 heterocycles. The molecule has 4 rings (SSSR count). The van der Waals surface area contributed by atoms with Gasteiger partial charge in [-0.3, -0.25) is 4.79 Å². The molecule has 0 aliphatic carbocycles. The van der Waals surface area contributed by atoms with E-state index in [1.54, 1.807) is 6.08 Å². The summed E-state index contributed by atoms with van der Waals surface area (Å²) in [6.07, 6.45) is 5.50. The molecule has 6 nitrogen and oxygen atoms in total. The zero-order chi connectivity index (χ0) is 21.6. The number of piperidine rings is 1. The Bertz CT molecular complexity index is 1080. The molecule has 0 spiro atoms. The van der Waals surface area contributed by atoms with Crippen molar-refractivity contribution < 1.29 is 4.79 Å². The SMILES string of the molecule is Cc1cccc(Nc2cc(C3CCCN(C(=O)C=Cc4ccccc4)C3)nc(C)n2)n1. The Kier molecular flexibility index (Phi) is 6.36. The summed E-state index contributed by atoms with van der Waals surface area (Å²) >= 11 is 0. The van der Waals surface area contributed by atoms with Crippen molar-refractivity contribution in [2.75, 3.05) is 18.4 Å². The van der Waals surface area contributed by atoms with E-state index in [2.05, 4.69) is 20.3 Å². The molecule has 0 saturated carbocycles. The quantitative estimate of drug-likeness (QED) is 0.617. The first kappa shape index (κ1) is 20.7. The molecule has 158 valence electrons. The maximum atomic E-state index is 12.7. The lowest BCUT2D eigenvalue weighted by Gasteiger charge is -2.32. The zero-order valence-corrected chi connectivity index (χ0v) is 18.0. The molecular weight excluding hydrogens is 386 g/mol. The second-order valence-electron chi connectivity index (χ2n) is 7.88. The number of carbonyl (C=O) groups is 1. The number of anilines is 2. The molecule has 1 aromatic carbocycles. The van der Waals surface area contributed by atoms with Gasteiger partial charge in [0.05, 0.1) is 5.69 Å². The first-order valence-corrected chi connectivity index (χ1v) is 10.6. The van der Waals surface area contributed by atoms with Crippen molar-refractivity contribution in [3.05, 3.63) is 83.4 Å². The number of pyridine rings is 1. The van der Waals surface area contributed by atoms with Gasteiger partial charge in [-0.15, -0.1) is 0 Å². The van der Waals surface area contributed by atoms with Crippen LogP contribution in [0.1, 0.15) is 41.5 Å². The fourth-order valence-electron chi connectivity index (χ4n) is 3.86. The summed E-state index contributed by atoms with van der Waals surface area (Å²) in [4.78, 5) is 28.3. The van der Waals surface area contributed by atoms with Gasteiger partial charge < -0.3 is 10.2 Å². The third-order valence-corrected chi connectivity index (χ3v) is 5.37. The van der Waals surface area contributed by atoms with Crippen LogP contribution in [0.5, 0.6) is 0 Å². The van der Waals surface area contributed by atoms with E-state index in [1.807, 2.05) is 79.4 Å². The van der Waals surface area contributed by atoms with E-state index in [-0.39, 0.29) is 11.8 Å². The van der Waals surface area contributed by atoms with Crippen LogP contribution < -0.4 is 5.32 Å². The molecule has 1 aliphatic heterocycles. The van der Waals surface area contributed by atoms with E-state index in [9.17, 15) is 4.79 Å². The summed E-state index contributed by atoms with van der Waals surface area (Å²) in [5.74, 6) is 2.43. The largest absolute Gasteiger partial charge is 0.338 e. The summed E-state index contributed by atoms with van der Waals surface area (Å²) in [5.41, 5.74) is 2.93. The third-order valence-electron chi connectivity index (χ3n) is 5.37. The Balaban J connectivity index is 1.47. The monoisotopic (exact) mass is 413 g/mol. The summed E-state index contributed by atoms with van der Waals surface area (Å²) < 4.78 is 0. The van der Waals surface area contributed by atoms with Gasteiger partial charge in [-0.1, -0.05) is 36.4 Å². The molecule has 1 atom stereocenters. The van der Waals surface area contributed by atoms with Crippen LogP contribution in [0.2, 0.25) is 0 Å². The predicted molar refractivity (Wildman–Crippen MR) is 123 cm³/mol. The Labute approximate surface area is 183 Å². The fraction of sp³-hybridized carbons (Fsp3) is 0.280. The molecule has 1 N–H and O–H groups in total. The van der Waals surface area contributed by atoms with Gasteiger partial charge in [0, 0.05) is 36.8 Å². The van der Waals surface area contributed by atoms with Crippen molar-refractivity contribution in [1.82, 2.24) is 19.9 Å². The molecule has 1 amide bonds. The van der Waals surface area contributed by atoms with Crippen LogP contribution >= 0.6 is 0 Å². The summed E-state index contributed by atoms with van der Waals surface area (Å²) in [5, 5.41) is 3.28. The fourth-order valence-corrected chi connectivity index (χ4v) is 3.86. The van der Waals surface area contributed by atoms with E-state index in [0.29, 0.717) is 12.4 Å². The molecule has 0 bridgehead atoms. The van der Waals surface area contributed by atoms with Gasteiger partial charge in [0.15, 0.2) is 0 Å². The number of amides is 1. The highest BCUT2D eigenvalue weighted by molar-refractivity contribution is 5.91. The highest BCUT2D eigenvalue weighted by atomic mass is 16.2. The van der Waals surface area contributed by atoms with Gasteiger partial charge in [0.1, 0.15) is 17.5 Å². The lowest BCUT2D eigenvalue weighted by molar-refractivity contribution is -0.127. The van der Waals surface area contributed by atoms with Crippen LogP contribution in [0.4, 0.5) is 11.6 Å². The van der Waals surface area contributed by atoms with Crippen molar-refractivity contribution in [3.63, 3.8) is 0 Å². The van der Waals surface area contributed by atoms with Gasteiger partial charge in [-0.05, 0) is 50.5 Å². The maximum absolute atomic E-state index is 12.7. The molecule has 0 radical (unpaired) electrons. The van der Waals surface area contributed by atoms with Gasteiger partial charge in [0.2, 0.25) is 5.91 Å². The molecule has 1 saturated heterocycles. The van der Waals surface area contributed by atoms with E-state index < -0.39 is 0 Å². The van der Waals surface area contributed by atoms with Crippen LogP contribution in [0.3, 0.4) is 0 Å². The zero-order valence-electron chi connectivity index (χ0n) is 18.0. The van der Waals surface area contributed by atoms with Crippen LogP contribution in [-0.2, 0) is 4.79 Å². The molecule has 3 aromatic rings. The Morgan fingerprint density at radius 1 is 1.03 bits per heavy atom. The molecular formula is C25H27N5O. The molecule has 1 fully saturated rings. The minimum Gasteiger partial charge on any atom is -0.338 e. The van der Waals surface area contributed by atoms with Crippen molar-refractivity contribution in [1.29, 1.82) is 0 Å². The maximum Gasteiger partial charge on any atom is 0.246 e. The third kappa shape index (κ3) is 5.54. The van der Waals surface area contributed by atoms with E-state index >= 15 is 0 Å². The Morgan fingerprint density at radius 2 is 1.87 bits per heavy atom. The number of hydrogen-bond acceptors (Lipinski definition) is 5. The van der Waals surface area contributed by atoms with Crippen LogP contribution in [0, 0.1) is 13.8 Å². The van der Waals surface area contributed by atoms with Crippen molar-refractivity contribution in [3.8, 4) is 0 Å². The normalized spacial score (nSPS) is 16.5. The number of hydrogen-bond donors (Lipinski definition) is 1. The van der Waals surface area contributed by atoms with Crippen LogP contribution in [0.15, 0.2) is 60.7 Å². The molecule has 1 aliphatic rings. The summed E-state index contributed by atoms with van der Waals surface area (Å²) in [6.45, 7) is 5.29.